The lowest BCUT2D eigenvalue weighted by atomic mass is 10.1. The highest BCUT2D eigenvalue weighted by molar-refractivity contribution is 7.15. The zero-order valence-electron chi connectivity index (χ0n) is 42.2. The summed E-state index contributed by atoms with van der Waals surface area (Å²) < 4.78 is 60.0. The van der Waals surface area contributed by atoms with E-state index in [0.29, 0.717) is 120 Å². The van der Waals surface area contributed by atoms with Crippen LogP contribution in [0.25, 0.3) is 22.3 Å². The third-order valence-corrected chi connectivity index (χ3v) is 12.5. The first-order valence-corrected chi connectivity index (χ1v) is 25.3. The molecule has 7 rings (SSSR count). The van der Waals surface area contributed by atoms with Crippen molar-refractivity contribution in [3.63, 3.8) is 0 Å². The van der Waals surface area contributed by atoms with Crippen LogP contribution in [0.1, 0.15) is 52.1 Å². The number of pyridine rings is 1. The van der Waals surface area contributed by atoms with Crippen molar-refractivity contribution in [1.29, 1.82) is 0 Å². The standard InChI is InChI=1S/C51H66F2N12O7S/c1-34(2)65-37(5)59-48-42(52)27-39(28-44(48)65)47-43(53)31-57-50(61-47)60-45-9-6-38(30-56-45)32-63-12-14-64(15-13-63)33-46(66)55-11-17-69-19-21-71-23-25-72-24-22-70-20-18-68-16-10-54-40-7-8-41(35(3)26-40)49(67)62-51-58-29-36(4)73-51/h6-9,26-31,34,54H,10-25,32-33H2,1-5H3,(H,55,66)(H,58,62,67)(H,56,57,60,61). The predicted molar refractivity (Wildman–Crippen MR) is 277 cm³/mol. The van der Waals surface area contributed by atoms with Crippen LogP contribution in [-0.4, -0.2) is 163 Å². The quantitative estimate of drug-likeness (QED) is 0.0368. The number of amides is 2. The molecule has 0 unspecified atom stereocenters. The molecule has 1 fully saturated rings. The summed E-state index contributed by atoms with van der Waals surface area (Å²) in [6.07, 6.45) is 4.57. The van der Waals surface area contributed by atoms with Crippen LogP contribution in [-0.2, 0) is 35.0 Å². The highest BCUT2D eigenvalue weighted by Crippen LogP contribution is 2.31. The SMILES string of the molecule is Cc1cnc(NC(=O)c2ccc(NCCOCCOCCOCCOCCOCCNC(=O)CN3CCN(Cc4ccc(Nc5ncc(F)c(-c6cc(F)c7nc(C)n(C(C)C)c7c6)n5)nc4)CC3)cc2C)s1. The lowest BCUT2D eigenvalue weighted by Gasteiger charge is -2.34. The van der Waals surface area contributed by atoms with Crippen molar-refractivity contribution in [1.82, 2.24) is 44.6 Å². The maximum atomic E-state index is 15.1. The van der Waals surface area contributed by atoms with E-state index in [2.05, 4.69) is 56.0 Å². The number of imidazole rings is 1. The Hall–Kier alpha value is -6.11. The first-order chi connectivity index (χ1) is 35.4. The molecule has 392 valence electrons. The lowest BCUT2D eigenvalue weighted by molar-refractivity contribution is -0.123. The normalized spacial score (nSPS) is 13.3. The van der Waals surface area contributed by atoms with E-state index < -0.39 is 11.6 Å². The van der Waals surface area contributed by atoms with E-state index in [-0.39, 0.29) is 40.6 Å². The number of nitrogens with zero attached hydrogens (tertiary/aromatic N) is 8. The molecule has 2 aromatic carbocycles. The molecule has 19 nitrogen and oxygen atoms in total. The van der Waals surface area contributed by atoms with Gasteiger partial charge in [-0.1, -0.05) is 6.07 Å². The largest absolute Gasteiger partial charge is 0.383 e. The Kier molecular flexibility index (Phi) is 20.8. The maximum Gasteiger partial charge on any atom is 0.257 e. The van der Waals surface area contributed by atoms with E-state index in [1.165, 1.54) is 17.4 Å². The van der Waals surface area contributed by atoms with Gasteiger partial charge < -0.3 is 44.2 Å². The number of rotatable bonds is 29. The summed E-state index contributed by atoms with van der Waals surface area (Å²) >= 11 is 1.44. The minimum atomic E-state index is -0.674. The van der Waals surface area contributed by atoms with Gasteiger partial charge in [-0.05, 0) is 82.1 Å². The number of fused-ring (bicyclic) bond motifs is 1. The monoisotopic (exact) mass is 1030 g/mol. The smallest absolute Gasteiger partial charge is 0.257 e. The number of anilines is 4. The Balaban J connectivity index is 0.653. The highest BCUT2D eigenvalue weighted by atomic mass is 32.1. The van der Waals surface area contributed by atoms with Gasteiger partial charge in [-0.2, -0.15) is 0 Å². The number of aromatic nitrogens is 6. The van der Waals surface area contributed by atoms with Crippen LogP contribution < -0.4 is 21.3 Å². The van der Waals surface area contributed by atoms with Crippen molar-refractivity contribution in [2.75, 3.05) is 128 Å². The summed E-state index contributed by atoms with van der Waals surface area (Å²) in [6, 6.07) is 12.4. The molecular weight excluding hydrogens is 963 g/mol. The number of piperazine rings is 1. The van der Waals surface area contributed by atoms with E-state index >= 15 is 8.78 Å². The van der Waals surface area contributed by atoms with E-state index in [1.807, 2.05) is 63.5 Å². The second-order valence-corrected chi connectivity index (χ2v) is 18.9. The Morgan fingerprint density at radius 1 is 0.726 bits per heavy atom. The summed E-state index contributed by atoms with van der Waals surface area (Å²) in [5.74, 6) is -0.155. The van der Waals surface area contributed by atoms with Gasteiger partial charge in [0.25, 0.3) is 5.91 Å². The van der Waals surface area contributed by atoms with Gasteiger partial charge in [-0.3, -0.25) is 24.7 Å². The zero-order valence-corrected chi connectivity index (χ0v) is 43.0. The Bertz CT molecular complexity index is 2720. The number of aryl methyl sites for hydroxylation is 3. The number of hydrogen-bond acceptors (Lipinski definition) is 17. The molecule has 0 aliphatic carbocycles. The molecule has 5 heterocycles. The predicted octanol–water partition coefficient (Wildman–Crippen LogP) is 6.55. The van der Waals surface area contributed by atoms with Crippen LogP contribution >= 0.6 is 11.3 Å². The maximum absolute atomic E-state index is 15.1. The van der Waals surface area contributed by atoms with Crippen molar-refractivity contribution in [2.24, 2.45) is 0 Å². The average Bonchev–Trinajstić information content (AvgIpc) is 3.95. The van der Waals surface area contributed by atoms with Crippen LogP contribution in [0, 0.1) is 32.4 Å². The molecular formula is C51H66F2N12O7S. The number of nitrogens with one attached hydrogen (secondary N) is 4. The first kappa shape index (κ1) is 54.7. The Labute approximate surface area is 428 Å². The molecule has 1 aliphatic heterocycles. The van der Waals surface area contributed by atoms with Crippen molar-refractivity contribution >= 4 is 56.8 Å². The van der Waals surface area contributed by atoms with Gasteiger partial charge in [0.2, 0.25) is 11.9 Å². The van der Waals surface area contributed by atoms with Crippen LogP contribution in [0.5, 0.6) is 0 Å². The van der Waals surface area contributed by atoms with Gasteiger partial charge in [0.15, 0.2) is 16.8 Å². The molecule has 0 saturated carbocycles. The van der Waals surface area contributed by atoms with Gasteiger partial charge in [-0.25, -0.2) is 33.7 Å². The fraction of sp³-hybridized carbons (Fsp3) is 0.471. The van der Waals surface area contributed by atoms with Crippen molar-refractivity contribution in [3.05, 3.63) is 100 Å². The molecule has 4 aromatic heterocycles. The van der Waals surface area contributed by atoms with Crippen molar-refractivity contribution in [2.45, 2.75) is 47.2 Å². The molecule has 1 aliphatic rings. The molecule has 6 aromatic rings. The number of carbonyl (C=O) groups excluding carboxylic acids is 2. The van der Waals surface area contributed by atoms with Gasteiger partial charge in [-0.15, -0.1) is 11.3 Å². The van der Waals surface area contributed by atoms with Gasteiger partial charge in [0.05, 0.1) is 84.3 Å². The summed E-state index contributed by atoms with van der Waals surface area (Å²) in [7, 11) is 0. The molecule has 1 saturated heterocycles. The van der Waals surface area contributed by atoms with Crippen LogP contribution in [0.15, 0.2) is 61.1 Å². The van der Waals surface area contributed by atoms with Gasteiger partial charge in [0.1, 0.15) is 22.9 Å². The number of halogens is 2. The van der Waals surface area contributed by atoms with E-state index in [0.717, 1.165) is 54.1 Å². The topological polar surface area (TPSA) is 204 Å². The number of ether oxygens (including phenoxy) is 5. The third-order valence-electron chi connectivity index (χ3n) is 11.7. The molecule has 73 heavy (non-hydrogen) atoms. The van der Waals surface area contributed by atoms with Crippen LogP contribution in [0.4, 0.5) is 31.4 Å². The minimum absolute atomic E-state index is 0.0322. The molecule has 4 N–H and O–H groups in total. The summed E-state index contributed by atoms with van der Waals surface area (Å²) in [6.45, 7) is 19.3. The molecule has 0 atom stereocenters. The zero-order chi connectivity index (χ0) is 51.5. The van der Waals surface area contributed by atoms with Crippen molar-refractivity contribution in [3.8, 4) is 11.3 Å². The Morgan fingerprint density at radius 3 is 2.03 bits per heavy atom. The second-order valence-electron chi connectivity index (χ2n) is 17.7. The van der Waals surface area contributed by atoms with E-state index in [1.54, 1.807) is 24.5 Å². The number of hydrogen-bond donors (Lipinski definition) is 4. The third kappa shape index (κ3) is 16.7. The summed E-state index contributed by atoms with van der Waals surface area (Å²) in [5.41, 5.74) is 4.46. The lowest BCUT2D eigenvalue weighted by Crippen LogP contribution is -2.49. The van der Waals surface area contributed by atoms with E-state index in [9.17, 15) is 9.59 Å². The molecule has 22 heteroatoms. The average molecular weight is 1030 g/mol. The number of benzene rings is 2. The fourth-order valence-corrected chi connectivity index (χ4v) is 8.79. The van der Waals surface area contributed by atoms with Gasteiger partial charge >= 0.3 is 0 Å². The van der Waals surface area contributed by atoms with Crippen LogP contribution in [0.3, 0.4) is 0 Å². The summed E-state index contributed by atoms with van der Waals surface area (Å²) in [4.78, 5) is 52.2. The summed E-state index contributed by atoms with van der Waals surface area (Å²) in [5, 5.41) is 12.7. The molecule has 2 amide bonds. The molecule has 0 bridgehead atoms. The van der Waals surface area contributed by atoms with Crippen molar-refractivity contribution < 1.29 is 42.1 Å². The van der Waals surface area contributed by atoms with Crippen LogP contribution in [0.2, 0.25) is 0 Å². The number of thiazole rings is 1. The van der Waals surface area contributed by atoms with E-state index in [4.69, 9.17) is 23.7 Å². The second kappa shape index (κ2) is 27.8. The number of carbonyl (C=O) groups is 2. The highest BCUT2D eigenvalue weighted by Gasteiger charge is 2.21. The fourth-order valence-electron chi connectivity index (χ4n) is 8.13. The molecule has 0 radical (unpaired) electrons. The Morgan fingerprint density at radius 2 is 1.40 bits per heavy atom. The van der Waals surface area contributed by atoms with Gasteiger partial charge in [0, 0.05) is 85.9 Å². The minimum Gasteiger partial charge on any atom is -0.383 e. The first-order valence-electron chi connectivity index (χ1n) is 24.5. The molecule has 0 spiro atoms.